The molecule has 1 aliphatic carbocycles. The first-order valence-electron chi connectivity index (χ1n) is 7.04. The lowest BCUT2D eigenvalue weighted by Crippen LogP contribution is -2.27. The number of aromatic nitrogens is 3. The van der Waals surface area contributed by atoms with Crippen LogP contribution in [0.4, 0.5) is 4.39 Å². The highest BCUT2D eigenvalue weighted by Crippen LogP contribution is 2.27. The zero-order valence-corrected chi connectivity index (χ0v) is 11.3. The minimum atomic E-state index is -0.239. The van der Waals surface area contributed by atoms with Gasteiger partial charge in [0.05, 0.1) is 11.6 Å². The van der Waals surface area contributed by atoms with Crippen LogP contribution < -0.4 is 5.32 Å². The standard InChI is InChI=1S/C16H14FN4/c17-12-5-3-11(4-6-12)15(19-13-7-8-13)16-18-10-14-2-1-9-21(14)20-16/h1-6,9,13,15,19H,7-8H2. The summed E-state index contributed by atoms with van der Waals surface area (Å²) < 4.78 is 14.9. The molecule has 3 aromatic rings. The first kappa shape index (κ1) is 12.5. The highest BCUT2D eigenvalue weighted by molar-refractivity contribution is 5.42. The van der Waals surface area contributed by atoms with Gasteiger partial charge in [-0.1, -0.05) is 12.1 Å². The Morgan fingerprint density at radius 3 is 2.81 bits per heavy atom. The van der Waals surface area contributed by atoms with Gasteiger partial charge >= 0.3 is 0 Å². The van der Waals surface area contributed by atoms with Crippen LogP contribution in [0.3, 0.4) is 0 Å². The Kier molecular flexibility index (Phi) is 2.93. The number of hydrogen-bond acceptors (Lipinski definition) is 3. The number of nitrogens with one attached hydrogen (secondary N) is 1. The summed E-state index contributed by atoms with van der Waals surface area (Å²) in [7, 11) is 0. The maximum atomic E-state index is 13.1. The van der Waals surface area contributed by atoms with Gasteiger partial charge in [0.25, 0.3) is 0 Å². The molecule has 105 valence electrons. The molecule has 1 unspecified atom stereocenters. The molecule has 4 rings (SSSR count). The van der Waals surface area contributed by atoms with Crippen LogP contribution in [-0.4, -0.2) is 20.6 Å². The van der Waals surface area contributed by atoms with Crippen LogP contribution >= 0.6 is 0 Å². The van der Waals surface area contributed by atoms with E-state index in [0.717, 1.165) is 23.9 Å². The molecule has 1 saturated carbocycles. The molecule has 0 spiro atoms. The summed E-state index contributed by atoms with van der Waals surface area (Å²) in [6, 6.07) is 10.7. The lowest BCUT2D eigenvalue weighted by molar-refractivity contribution is 0.557. The van der Waals surface area contributed by atoms with Crippen LogP contribution in [0.1, 0.15) is 30.3 Å². The average Bonchev–Trinajstić information content (AvgIpc) is 3.20. The average molecular weight is 281 g/mol. The van der Waals surface area contributed by atoms with Crippen molar-refractivity contribution in [3.8, 4) is 0 Å². The smallest absolute Gasteiger partial charge is 0.171 e. The van der Waals surface area contributed by atoms with Crippen molar-refractivity contribution in [1.29, 1.82) is 0 Å². The summed E-state index contributed by atoms with van der Waals surface area (Å²) in [5.41, 5.74) is 1.80. The molecule has 5 heteroatoms. The van der Waals surface area contributed by atoms with Crippen molar-refractivity contribution >= 4 is 5.52 Å². The zero-order chi connectivity index (χ0) is 14.2. The minimum absolute atomic E-state index is 0.138. The fourth-order valence-corrected chi connectivity index (χ4v) is 2.38. The molecule has 0 amide bonds. The quantitative estimate of drug-likeness (QED) is 0.799. The number of hydrogen-bond donors (Lipinski definition) is 1. The van der Waals surface area contributed by atoms with Crippen molar-refractivity contribution in [2.45, 2.75) is 24.9 Å². The molecule has 2 heterocycles. The van der Waals surface area contributed by atoms with E-state index < -0.39 is 0 Å². The molecular weight excluding hydrogens is 267 g/mol. The third-order valence-corrected chi connectivity index (χ3v) is 3.66. The van der Waals surface area contributed by atoms with Gasteiger partial charge in [0, 0.05) is 12.2 Å². The minimum Gasteiger partial charge on any atom is -0.301 e. The summed E-state index contributed by atoms with van der Waals surface area (Å²) in [6.45, 7) is 0. The monoisotopic (exact) mass is 281 g/mol. The number of fused-ring (bicyclic) bond motifs is 1. The van der Waals surface area contributed by atoms with Crippen LogP contribution in [0, 0.1) is 12.0 Å². The van der Waals surface area contributed by atoms with E-state index in [1.807, 2.05) is 18.3 Å². The molecule has 1 radical (unpaired) electrons. The van der Waals surface area contributed by atoms with Gasteiger partial charge in [0.1, 0.15) is 12.0 Å². The molecule has 1 aliphatic rings. The van der Waals surface area contributed by atoms with Crippen LogP contribution in [0.5, 0.6) is 0 Å². The van der Waals surface area contributed by atoms with E-state index in [1.54, 1.807) is 16.6 Å². The lowest BCUT2D eigenvalue weighted by atomic mass is 10.1. The highest BCUT2D eigenvalue weighted by atomic mass is 19.1. The SMILES string of the molecule is Fc1ccc(C(NC2CC2)c2n[c]c3cccn3n2)cc1. The second kappa shape index (κ2) is 4.93. The zero-order valence-electron chi connectivity index (χ0n) is 11.3. The molecule has 1 atom stereocenters. The number of halogens is 1. The molecule has 1 fully saturated rings. The van der Waals surface area contributed by atoms with Crippen molar-refractivity contribution in [2.24, 2.45) is 0 Å². The van der Waals surface area contributed by atoms with E-state index in [0.29, 0.717) is 11.9 Å². The first-order chi connectivity index (χ1) is 10.3. The Morgan fingerprint density at radius 2 is 2.05 bits per heavy atom. The van der Waals surface area contributed by atoms with Crippen LogP contribution in [-0.2, 0) is 0 Å². The number of benzene rings is 1. The van der Waals surface area contributed by atoms with E-state index in [4.69, 9.17) is 0 Å². The Bertz CT molecular complexity index is 761. The summed E-state index contributed by atoms with van der Waals surface area (Å²) in [4.78, 5) is 4.35. The van der Waals surface area contributed by atoms with Crippen LogP contribution in [0.15, 0.2) is 42.6 Å². The Morgan fingerprint density at radius 1 is 1.24 bits per heavy atom. The molecule has 1 N–H and O–H groups in total. The van der Waals surface area contributed by atoms with Crippen molar-refractivity contribution in [2.75, 3.05) is 0 Å². The maximum absolute atomic E-state index is 13.1. The van der Waals surface area contributed by atoms with Crippen molar-refractivity contribution in [1.82, 2.24) is 19.9 Å². The largest absolute Gasteiger partial charge is 0.301 e. The number of nitrogens with zero attached hydrogens (tertiary/aromatic N) is 3. The Labute approximate surface area is 121 Å². The van der Waals surface area contributed by atoms with Gasteiger partial charge in [0.15, 0.2) is 5.82 Å². The van der Waals surface area contributed by atoms with Crippen molar-refractivity contribution in [3.05, 3.63) is 66.0 Å². The van der Waals surface area contributed by atoms with E-state index in [-0.39, 0.29) is 11.9 Å². The first-order valence-corrected chi connectivity index (χ1v) is 7.04. The maximum Gasteiger partial charge on any atom is 0.171 e. The van der Waals surface area contributed by atoms with Crippen LogP contribution in [0.25, 0.3) is 5.52 Å². The third-order valence-electron chi connectivity index (χ3n) is 3.66. The molecule has 0 saturated heterocycles. The summed E-state index contributed by atoms with van der Waals surface area (Å²) in [5, 5.41) is 8.05. The third kappa shape index (κ3) is 2.52. The fourth-order valence-electron chi connectivity index (χ4n) is 2.38. The van der Waals surface area contributed by atoms with Gasteiger partial charge in [-0.2, -0.15) is 5.10 Å². The molecule has 4 nitrogen and oxygen atoms in total. The normalized spacial score (nSPS) is 16.2. The predicted octanol–water partition coefficient (Wildman–Crippen LogP) is 2.51. The fraction of sp³-hybridized carbons (Fsp3) is 0.250. The van der Waals surface area contributed by atoms with E-state index in [1.165, 1.54) is 12.1 Å². The summed E-state index contributed by atoms with van der Waals surface area (Å²) in [5.74, 6) is 0.412. The molecule has 2 aromatic heterocycles. The number of rotatable bonds is 4. The second-order valence-corrected chi connectivity index (χ2v) is 5.35. The van der Waals surface area contributed by atoms with Gasteiger partial charge in [-0.25, -0.2) is 13.9 Å². The van der Waals surface area contributed by atoms with E-state index in [9.17, 15) is 4.39 Å². The van der Waals surface area contributed by atoms with Gasteiger partial charge in [-0.15, -0.1) is 0 Å². The molecule has 21 heavy (non-hydrogen) atoms. The van der Waals surface area contributed by atoms with E-state index in [2.05, 4.69) is 21.6 Å². The van der Waals surface area contributed by atoms with Gasteiger partial charge in [-0.3, -0.25) is 0 Å². The lowest BCUT2D eigenvalue weighted by Gasteiger charge is -2.17. The Balaban J connectivity index is 1.74. The predicted molar refractivity (Wildman–Crippen MR) is 76.2 cm³/mol. The van der Waals surface area contributed by atoms with Gasteiger partial charge < -0.3 is 5.32 Å². The molecule has 0 bridgehead atoms. The Hall–Kier alpha value is -2.27. The molecular formula is C16H14FN4. The molecule has 0 aliphatic heterocycles. The second-order valence-electron chi connectivity index (χ2n) is 5.35. The van der Waals surface area contributed by atoms with Gasteiger partial charge in [-0.05, 0) is 42.7 Å². The van der Waals surface area contributed by atoms with Crippen molar-refractivity contribution in [3.63, 3.8) is 0 Å². The van der Waals surface area contributed by atoms with Crippen LogP contribution in [0.2, 0.25) is 0 Å². The topological polar surface area (TPSA) is 42.2 Å². The summed E-state index contributed by atoms with van der Waals surface area (Å²) in [6.07, 6.45) is 7.18. The summed E-state index contributed by atoms with van der Waals surface area (Å²) >= 11 is 0. The van der Waals surface area contributed by atoms with Crippen molar-refractivity contribution < 1.29 is 4.39 Å². The molecule has 1 aromatic carbocycles. The van der Waals surface area contributed by atoms with E-state index >= 15 is 0 Å². The van der Waals surface area contributed by atoms with Gasteiger partial charge in [0.2, 0.25) is 0 Å². The highest BCUT2D eigenvalue weighted by Gasteiger charge is 2.28.